The molecule has 9 heteroatoms. The highest BCUT2D eigenvalue weighted by Crippen LogP contribution is 2.31. The van der Waals surface area contributed by atoms with Gasteiger partial charge in [0.1, 0.15) is 5.75 Å². The monoisotopic (exact) mass is 452 g/mol. The van der Waals surface area contributed by atoms with E-state index in [1.165, 1.54) is 29.6 Å². The molecule has 0 saturated carbocycles. The van der Waals surface area contributed by atoms with Gasteiger partial charge in [-0.05, 0) is 55.2 Å². The molecular weight excluding hydrogens is 424 g/mol. The summed E-state index contributed by atoms with van der Waals surface area (Å²) in [5.41, 5.74) is 1.15. The van der Waals surface area contributed by atoms with Gasteiger partial charge in [-0.3, -0.25) is 4.72 Å². The number of nitrogens with one attached hydrogen (secondary N) is 1. The van der Waals surface area contributed by atoms with Crippen LogP contribution in [0, 0.1) is 0 Å². The fourth-order valence-corrected chi connectivity index (χ4v) is 6.11. The number of anilines is 1. The average Bonchev–Trinajstić information content (AvgIpc) is 2.74. The Kier molecular flexibility index (Phi) is 7.05. The number of hydrogen-bond acceptors (Lipinski definition) is 5. The number of rotatable bonds is 8. The van der Waals surface area contributed by atoms with Gasteiger partial charge in [-0.2, -0.15) is 4.31 Å². The Morgan fingerprint density at radius 1 is 0.933 bits per heavy atom. The zero-order chi connectivity index (χ0) is 21.8. The quantitative estimate of drug-likeness (QED) is 0.660. The number of benzene rings is 2. The molecule has 1 fully saturated rings. The van der Waals surface area contributed by atoms with E-state index in [9.17, 15) is 16.8 Å². The smallest absolute Gasteiger partial charge is 0.262 e. The summed E-state index contributed by atoms with van der Waals surface area (Å²) in [5.74, 6) is 0.249. The van der Waals surface area contributed by atoms with Crippen molar-refractivity contribution in [2.75, 3.05) is 24.9 Å². The minimum atomic E-state index is -3.90. The molecule has 1 N–H and O–H groups in total. The van der Waals surface area contributed by atoms with E-state index in [1.807, 2.05) is 0 Å². The average molecular weight is 453 g/mol. The van der Waals surface area contributed by atoms with E-state index in [0.717, 1.165) is 37.7 Å². The minimum Gasteiger partial charge on any atom is -0.495 e. The van der Waals surface area contributed by atoms with Gasteiger partial charge in [0.05, 0.1) is 22.6 Å². The molecule has 1 heterocycles. The number of methoxy groups -OCH3 is 1. The summed E-state index contributed by atoms with van der Waals surface area (Å²) < 4.78 is 60.9. The van der Waals surface area contributed by atoms with Gasteiger partial charge in [0.15, 0.2) is 0 Å². The molecule has 0 spiro atoms. The zero-order valence-electron chi connectivity index (χ0n) is 17.3. The Morgan fingerprint density at radius 2 is 1.57 bits per heavy atom. The van der Waals surface area contributed by atoms with Crippen molar-refractivity contribution in [3.05, 3.63) is 48.0 Å². The molecule has 0 radical (unpaired) electrons. The summed E-state index contributed by atoms with van der Waals surface area (Å²) in [6, 6.07) is 10.9. The van der Waals surface area contributed by atoms with Crippen LogP contribution in [0.5, 0.6) is 5.75 Å². The van der Waals surface area contributed by atoms with Gasteiger partial charge in [0.2, 0.25) is 10.0 Å². The largest absolute Gasteiger partial charge is 0.495 e. The lowest BCUT2D eigenvalue weighted by molar-refractivity contribution is 0.346. The van der Waals surface area contributed by atoms with Crippen molar-refractivity contribution in [3.8, 4) is 5.75 Å². The maximum Gasteiger partial charge on any atom is 0.262 e. The predicted octanol–water partition coefficient (Wildman–Crippen LogP) is 3.62. The van der Waals surface area contributed by atoms with Gasteiger partial charge in [0, 0.05) is 13.1 Å². The lowest BCUT2D eigenvalue weighted by atomic mass is 10.1. The fourth-order valence-electron chi connectivity index (χ4n) is 3.51. The third-order valence-corrected chi connectivity index (χ3v) is 8.42. The van der Waals surface area contributed by atoms with Crippen molar-refractivity contribution in [2.24, 2.45) is 0 Å². The highest BCUT2D eigenvalue weighted by Gasteiger charge is 2.27. The summed E-state index contributed by atoms with van der Waals surface area (Å²) in [4.78, 5) is 0.148. The Hall–Kier alpha value is -2.10. The Bertz CT molecular complexity index is 1070. The van der Waals surface area contributed by atoms with Gasteiger partial charge in [0.25, 0.3) is 10.0 Å². The molecule has 1 aliphatic heterocycles. The number of sulfonamides is 2. The maximum absolute atomic E-state index is 13.0. The molecule has 0 aromatic heterocycles. The van der Waals surface area contributed by atoms with E-state index in [2.05, 4.69) is 11.6 Å². The van der Waals surface area contributed by atoms with Crippen LogP contribution in [0.3, 0.4) is 0 Å². The van der Waals surface area contributed by atoms with Gasteiger partial charge >= 0.3 is 0 Å². The lowest BCUT2D eigenvalue weighted by Crippen LogP contribution is -2.35. The van der Waals surface area contributed by atoms with E-state index >= 15 is 0 Å². The number of hydrogen-bond donors (Lipinski definition) is 1. The molecule has 2 aromatic rings. The minimum absolute atomic E-state index is 0.0428. The molecule has 0 aliphatic carbocycles. The van der Waals surface area contributed by atoms with E-state index in [1.54, 1.807) is 24.3 Å². The third kappa shape index (κ3) is 4.96. The van der Waals surface area contributed by atoms with E-state index in [4.69, 9.17) is 4.74 Å². The standard InChI is InChI=1S/C21H28N2O5S2/c1-3-7-17-8-10-18(11-9-17)29(24,25)22-20-16-19(12-13-21(20)28-2)30(26,27)23-14-5-4-6-15-23/h8-13,16,22H,3-7,14-15H2,1-2H3. The highest BCUT2D eigenvalue weighted by atomic mass is 32.2. The summed E-state index contributed by atoms with van der Waals surface area (Å²) in [6.07, 6.45) is 4.50. The Labute approximate surface area is 179 Å². The number of nitrogens with zero attached hydrogens (tertiary/aromatic N) is 1. The van der Waals surface area contributed by atoms with Crippen molar-refractivity contribution in [2.45, 2.75) is 48.8 Å². The summed E-state index contributed by atoms with van der Waals surface area (Å²) in [7, 11) is -6.19. The molecule has 0 atom stereocenters. The molecule has 7 nitrogen and oxygen atoms in total. The summed E-state index contributed by atoms with van der Waals surface area (Å²) in [5, 5.41) is 0. The lowest BCUT2D eigenvalue weighted by Gasteiger charge is -2.26. The van der Waals surface area contributed by atoms with Gasteiger partial charge in [-0.25, -0.2) is 16.8 Å². The van der Waals surface area contributed by atoms with Crippen molar-refractivity contribution in [1.29, 1.82) is 0 Å². The van der Waals surface area contributed by atoms with E-state index in [0.29, 0.717) is 13.1 Å². The van der Waals surface area contributed by atoms with Crippen molar-refractivity contribution in [3.63, 3.8) is 0 Å². The summed E-state index contributed by atoms with van der Waals surface area (Å²) in [6.45, 7) is 3.00. The van der Waals surface area contributed by atoms with Crippen LogP contribution < -0.4 is 9.46 Å². The maximum atomic E-state index is 13.0. The highest BCUT2D eigenvalue weighted by molar-refractivity contribution is 7.92. The first-order valence-electron chi connectivity index (χ1n) is 10.1. The molecular formula is C21H28N2O5S2. The van der Waals surface area contributed by atoms with Gasteiger partial charge in [-0.15, -0.1) is 0 Å². The van der Waals surface area contributed by atoms with E-state index in [-0.39, 0.29) is 21.2 Å². The van der Waals surface area contributed by atoms with Crippen LogP contribution in [0.1, 0.15) is 38.2 Å². The van der Waals surface area contributed by atoms with Crippen molar-refractivity contribution >= 4 is 25.7 Å². The number of ether oxygens (including phenoxy) is 1. The molecule has 164 valence electrons. The summed E-state index contributed by atoms with van der Waals surface area (Å²) >= 11 is 0. The topological polar surface area (TPSA) is 92.8 Å². The third-order valence-electron chi connectivity index (χ3n) is 5.14. The Balaban J connectivity index is 1.91. The van der Waals surface area contributed by atoms with E-state index < -0.39 is 20.0 Å². The van der Waals surface area contributed by atoms with Crippen molar-refractivity contribution < 1.29 is 21.6 Å². The second-order valence-electron chi connectivity index (χ2n) is 7.33. The second kappa shape index (κ2) is 9.36. The first-order chi connectivity index (χ1) is 14.3. The van der Waals surface area contributed by atoms with Gasteiger partial charge in [-0.1, -0.05) is 31.9 Å². The van der Waals surface area contributed by atoms with Crippen LogP contribution in [0.25, 0.3) is 0 Å². The molecule has 30 heavy (non-hydrogen) atoms. The van der Waals surface area contributed by atoms with Gasteiger partial charge < -0.3 is 4.74 Å². The molecule has 2 aromatic carbocycles. The number of aryl methyl sites for hydroxylation is 1. The molecule has 0 bridgehead atoms. The normalized spacial score (nSPS) is 15.7. The van der Waals surface area contributed by atoms with Crippen LogP contribution in [-0.2, 0) is 26.5 Å². The zero-order valence-corrected chi connectivity index (χ0v) is 18.9. The predicted molar refractivity (Wildman–Crippen MR) is 117 cm³/mol. The van der Waals surface area contributed by atoms with Crippen molar-refractivity contribution in [1.82, 2.24) is 4.31 Å². The first-order valence-corrected chi connectivity index (χ1v) is 13.0. The Morgan fingerprint density at radius 3 is 2.17 bits per heavy atom. The van der Waals surface area contributed by atoms with Crippen LogP contribution in [0.15, 0.2) is 52.3 Å². The number of piperidine rings is 1. The molecule has 0 amide bonds. The molecule has 3 rings (SSSR count). The second-order valence-corrected chi connectivity index (χ2v) is 10.9. The van der Waals surface area contributed by atoms with Crippen LogP contribution in [0.2, 0.25) is 0 Å². The van der Waals surface area contributed by atoms with Crippen LogP contribution in [-0.4, -0.2) is 41.3 Å². The molecule has 1 aliphatic rings. The molecule has 1 saturated heterocycles. The van der Waals surface area contributed by atoms with Crippen LogP contribution >= 0.6 is 0 Å². The molecule has 0 unspecified atom stereocenters. The van der Waals surface area contributed by atoms with Crippen LogP contribution in [0.4, 0.5) is 5.69 Å². The fraction of sp³-hybridized carbons (Fsp3) is 0.429. The first kappa shape index (κ1) is 22.6. The SMILES string of the molecule is CCCc1ccc(S(=O)(=O)Nc2cc(S(=O)(=O)N3CCCCC3)ccc2OC)cc1.